The van der Waals surface area contributed by atoms with Crippen molar-refractivity contribution < 1.29 is 4.21 Å². The molecule has 1 aliphatic heterocycles. The predicted molar refractivity (Wildman–Crippen MR) is 110 cm³/mol. The van der Waals surface area contributed by atoms with Gasteiger partial charge in [0.1, 0.15) is 11.0 Å². The monoisotopic (exact) mass is 371 g/mol. The van der Waals surface area contributed by atoms with Crippen molar-refractivity contribution in [1.82, 2.24) is 9.21 Å². The van der Waals surface area contributed by atoms with Crippen molar-refractivity contribution in [2.45, 2.75) is 24.2 Å². The Morgan fingerprint density at radius 3 is 2.46 bits per heavy atom. The molecule has 0 aromatic heterocycles. The van der Waals surface area contributed by atoms with E-state index in [1.807, 2.05) is 31.3 Å². The van der Waals surface area contributed by atoms with Gasteiger partial charge < -0.3 is 10.2 Å². The van der Waals surface area contributed by atoms with Crippen LogP contribution in [0.4, 0.5) is 5.69 Å². The Kier molecular flexibility index (Phi) is 7.23. The Morgan fingerprint density at radius 1 is 0.962 bits per heavy atom. The van der Waals surface area contributed by atoms with Crippen LogP contribution in [0.15, 0.2) is 59.5 Å². The zero-order valence-corrected chi connectivity index (χ0v) is 16.4. The van der Waals surface area contributed by atoms with Crippen LogP contribution in [0, 0.1) is 0 Å². The second kappa shape index (κ2) is 9.86. The molecule has 0 radical (unpaired) electrons. The highest BCUT2D eigenvalue weighted by atomic mass is 32.2. The van der Waals surface area contributed by atoms with E-state index in [4.69, 9.17) is 0 Å². The molecule has 0 amide bonds. The second-order valence-electron chi connectivity index (χ2n) is 6.74. The maximum Gasteiger partial charge on any atom is 0.127 e. The molecule has 1 N–H and O–H groups in total. The third kappa shape index (κ3) is 5.40. The molecule has 1 atom stereocenters. The Labute approximate surface area is 159 Å². The SMILES string of the molecule is CNc1cccc(S(=O)N2CCN(CCCCc3ccccc3)CC2)c1. The first-order valence-corrected chi connectivity index (χ1v) is 10.6. The maximum absolute atomic E-state index is 12.8. The van der Waals surface area contributed by atoms with Crippen LogP contribution in [-0.2, 0) is 17.4 Å². The number of unbranched alkanes of at least 4 members (excludes halogenated alkanes) is 1. The zero-order chi connectivity index (χ0) is 18.2. The van der Waals surface area contributed by atoms with Gasteiger partial charge >= 0.3 is 0 Å². The summed E-state index contributed by atoms with van der Waals surface area (Å²) in [6.07, 6.45) is 3.61. The number of nitrogens with one attached hydrogen (secondary N) is 1. The van der Waals surface area contributed by atoms with E-state index in [0.717, 1.165) is 49.7 Å². The minimum Gasteiger partial charge on any atom is -0.388 e. The normalized spacial score (nSPS) is 17.1. The molecule has 26 heavy (non-hydrogen) atoms. The van der Waals surface area contributed by atoms with Gasteiger partial charge in [-0.2, -0.15) is 0 Å². The lowest BCUT2D eigenvalue weighted by molar-refractivity contribution is 0.190. The number of aryl methyl sites for hydroxylation is 1. The molecular weight excluding hydrogens is 342 g/mol. The van der Waals surface area contributed by atoms with Gasteiger partial charge in [0.25, 0.3) is 0 Å². The standard InChI is InChI=1S/C21H29N3OS/c1-22-20-11-7-12-21(18-20)26(25)24-16-14-23(15-17-24)13-6-5-10-19-8-3-2-4-9-19/h2-4,7-9,11-12,18,22H,5-6,10,13-17H2,1H3. The summed E-state index contributed by atoms with van der Waals surface area (Å²) in [5.74, 6) is 0. The lowest BCUT2D eigenvalue weighted by Gasteiger charge is -2.33. The van der Waals surface area contributed by atoms with E-state index in [0.29, 0.717) is 0 Å². The minimum absolute atomic E-state index is 0.870. The number of piperazine rings is 1. The summed E-state index contributed by atoms with van der Waals surface area (Å²) in [5, 5.41) is 3.11. The Balaban J connectivity index is 1.39. The summed E-state index contributed by atoms with van der Waals surface area (Å²) in [4.78, 5) is 3.39. The summed E-state index contributed by atoms with van der Waals surface area (Å²) in [6, 6.07) is 18.6. The smallest absolute Gasteiger partial charge is 0.127 e. The molecule has 0 bridgehead atoms. The Morgan fingerprint density at radius 2 is 1.73 bits per heavy atom. The molecule has 5 heteroatoms. The first-order valence-electron chi connectivity index (χ1n) is 9.47. The third-order valence-corrected chi connectivity index (χ3v) is 6.41. The molecule has 1 fully saturated rings. The Bertz CT molecular complexity index is 699. The predicted octanol–water partition coefficient (Wildman–Crippen LogP) is 3.39. The summed E-state index contributed by atoms with van der Waals surface area (Å²) < 4.78 is 14.9. The molecule has 140 valence electrons. The van der Waals surface area contributed by atoms with Gasteiger partial charge in [0, 0.05) is 38.9 Å². The van der Waals surface area contributed by atoms with Crippen molar-refractivity contribution in [3.05, 3.63) is 60.2 Å². The van der Waals surface area contributed by atoms with Crippen LogP contribution in [0.3, 0.4) is 0 Å². The molecule has 2 aromatic rings. The number of nitrogens with zero attached hydrogens (tertiary/aromatic N) is 2. The summed E-state index contributed by atoms with van der Waals surface area (Å²) in [6.45, 7) is 4.89. The number of anilines is 1. The average molecular weight is 372 g/mol. The Hall–Kier alpha value is -1.69. The van der Waals surface area contributed by atoms with Crippen molar-refractivity contribution in [2.24, 2.45) is 0 Å². The molecule has 3 rings (SSSR count). The fourth-order valence-corrected chi connectivity index (χ4v) is 4.55. The molecule has 1 unspecified atom stereocenters. The summed E-state index contributed by atoms with van der Waals surface area (Å²) >= 11 is 0. The largest absolute Gasteiger partial charge is 0.388 e. The van der Waals surface area contributed by atoms with Crippen LogP contribution in [0.5, 0.6) is 0 Å². The van der Waals surface area contributed by atoms with Crippen LogP contribution in [-0.4, -0.2) is 53.2 Å². The van der Waals surface area contributed by atoms with Crippen LogP contribution >= 0.6 is 0 Å². The van der Waals surface area contributed by atoms with Crippen molar-refractivity contribution in [3.63, 3.8) is 0 Å². The second-order valence-corrected chi connectivity index (χ2v) is 8.23. The first kappa shape index (κ1) is 19.1. The molecule has 1 aliphatic rings. The van der Waals surface area contributed by atoms with E-state index in [-0.39, 0.29) is 0 Å². The number of rotatable bonds is 8. The van der Waals surface area contributed by atoms with Crippen molar-refractivity contribution >= 4 is 16.7 Å². The summed E-state index contributed by atoms with van der Waals surface area (Å²) in [5.41, 5.74) is 2.43. The molecule has 1 heterocycles. The van der Waals surface area contributed by atoms with E-state index in [2.05, 4.69) is 44.9 Å². The quantitative estimate of drug-likeness (QED) is 0.723. The van der Waals surface area contributed by atoms with Gasteiger partial charge in [-0.05, 0) is 49.6 Å². The maximum atomic E-state index is 12.8. The van der Waals surface area contributed by atoms with Gasteiger partial charge in [0.05, 0.1) is 4.90 Å². The van der Waals surface area contributed by atoms with Gasteiger partial charge in [-0.15, -0.1) is 0 Å². The number of benzene rings is 2. The lowest BCUT2D eigenvalue weighted by Crippen LogP contribution is -2.47. The number of hydrogen-bond donors (Lipinski definition) is 1. The van der Waals surface area contributed by atoms with Crippen molar-refractivity contribution in [1.29, 1.82) is 0 Å². The lowest BCUT2D eigenvalue weighted by atomic mass is 10.1. The van der Waals surface area contributed by atoms with E-state index in [1.165, 1.54) is 18.4 Å². The average Bonchev–Trinajstić information content (AvgIpc) is 2.72. The molecule has 0 aliphatic carbocycles. The highest BCUT2D eigenvalue weighted by molar-refractivity contribution is 7.82. The topological polar surface area (TPSA) is 35.6 Å². The molecule has 0 spiro atoms. The molecule has 1 saturated heterocycles. The fraction of sp³-hybridized carbons (Fsp3) is 0.429. The molecule has 4 nitrogen and oxygen atoms in total. The van der Waals surface area contributed by atoms with Crippen LogP contribution in [0.1, 0.15) is 18.4 Å². The molecule has 0 saturated carbocycles. The van der Waals surface area contributed by atoms with Crippen LogP contribution in [0.2, 0.25) is 0 Å². The van der Waals surface area contributed by atoms with Crippen molar-refractivity contribution in [2.75, 3.05) is 45.1 Å². The third-order valence-electron chi connectivity index (χ3n) is 4.92. The van der Waals surface area contributed by atoms with E-state index < -0.39 is 11.0 Å². The number of hydrogen-bond acceptors (Lipinski definition) is 3. The van der Waals surface area contributed by atoms with E-state index >= 15 is 0 Å². The van der Waals surface area contributed by atoms with Crippen LogP contribution in [0.25, 0.3) is 0 Å². The first-order chi connectivity index (χ1) is 12.8. The highest BCUT2D eigenvalue weighted by Crippen LogP contribution is 2.17. The molecule has 2 aromatic carbocycles. The minimum atomic E-state index is -1.06. The van der Waals surface area contributed by atoms with Crippen molar-refractivity contribution in [3.8, 4) is 0 Å². The highest BCUT2D eigenvalue weighted by Gasteiger charge is 2.21. The fourth-order valence-electron chi connectivity index (χ4n) is 3.34. The van der Waals surface area contributed by atoms with E-state index in [9.17, 15) is 4.21 Å². The van der Waals surface area contributed by atoms with Gasteiger partial charge in [0.15, 0.2) is 0 Å². The summed E-state index contributed by atoms with van der Waals surface area (Å²) in [7, 11) is 0.825. The van der Waals surface area contributed by atoms with Gasteiger partial charge in [-0.25, -0.2) is 8.51 Å². The zero-order valence-electron chi connectivity index (χ0n) is 15.6. The molecular formula is C21H29N3OS. The van der Waals surface area contributed by atoms with Gasteiger partial charge in [0.2, 0.25) is 0 Å². The van der Waals surface area contributed by atoms with Gasteiger partial charge in [-0.1, -0.05) is 36.4 Å². The van der Waals surface area contributed by atoms with E-state index in [1.54, 1.807) is 0 Å². The van der Waals surface area contributed by atoms with Gasteiger partial charge in [-0.3, -0.25) is 0 Å². The van der Waals surface area contributed by atoms with Crippen LogP contribution < -0.4 is 5.32 Å².